The van der Waals surface area contributed by atoms with Crippen LogP contribution in [0.5, 0.6) is 0 Å². The number of carbonyl (C=O) groups is 2. The van der Waals surface area contributed by atoms with E-state index in [1.165, 1.54) is 11.3 Å². The van der Waals surface area contributed by atoms with Gasteiger partial charge in [-0.25, -0.2) is 9.78 Å². The number of imide groups is 1. The van der Waals surface area contributed by atoms with Crippen LogP contribution in [0.3, 0.4) is 0 Å². The lowest BCUT2D eigenvalue weighted by Gasteiger charge is -2.20. The summed E-state index contributed by atoms with van der Waals surface area (Å²) in [4.78, 5) is 44.4. The van der Waals surface area contributed by atoms with Crippen molar-refractivity contribution in [3.8, 4) is 5.69 Å². The van der Waals surface area contributed by atoms with E-state index in [4.69, 9.17) is 4.98 Å². The molecular formula is C23H28N4O3S2. The first-order valence-electron chi connectivity index (χ1n) is 10.2. The van der Waals surface area contributed by atoms with E-state index in [9.17, 15) is 14.4 Å². The zero-order chi connectivity index (χ0) is 23.8. The number of amides is 3. The zero-order valence-corrected chi connectivity index (χ0v) is 21.0. The number of nitrogens with one attached hydrogen (secondary N) is 2. The number of aromatic nitrogens is 2. The maximum absolute atomic E-state index is 13.6. The summed E-state index contributed by atoms with van der Waals surface area (Å²) in [5.74, 6) is -0.513. The topological polar surface area (TPSA) is 93.1 Å². The Kier molecular flexibility index (Phi) is 6.80. The second kappa shape index (κ2) is 9.07. The molecule has 7 nitrogen and oxygen atoms in total. The average molecular weight is 473 g/mol. The molecule has 0 aliphatic carbocycles. The summed E-state index contributed by atoms with van der Waals surface area (Å²) >= 11 is 2.60. The van der Waals surface area contributed by atoms with E-state index in [2.05, 4.69) is 10.6 Å². The van der Waals surface area contributed by atoms with Gasteiger partial charge in [-0.3, -0.25) is 19.5 Å². The van der Waals surface area contributed by atoms with E-state index in [1.54, 1.807) is 4.57 Å². The molecule has 0 atom stereocenters. The van der Waals surface area contributed by atoms with Gasteiger partial charge in [0.25, 0.3) is 5.56 Å². The Balaban J connectivity index is 2.01. The minimum Gasteiger partial charge on any atom is -0.333 e. The molecule has 170 valence electrons. The molecule has 0 saturated carbocycles. The Morgan fingerprint density at radius 3 is 2.47 bits per heavy atom. The summed E-state index contributed by atoms with van der Waals surface area (Å²) in [6.07, 6.45) is 0. The number of hydrogen-bond donors (Lipinski definition) is 2. The second-order valence-electron chi connectivity index (χ2n) is 8.76. The van der Waals surface area contributed by atoms with Crippen molar-refractivity contribution in [1.82, 2.24) is 20.2 Å². The fourth-order valence-corrected chi connectivity index (χ4v) is 5.10. The van der Waals surface area contributed by atoms with Gasteiger partial charge in [-0.05, 0) is 71.2 Å². The molecule has 0 unspecified atom stereocenters. The molecule has 0 radical (unpaired) electrons. The third-order valence-corrected chi connectivity index (χ3v) is 7.10. The van der Waals surface area contributed by atoms with Crippen LogP contribution >= 0.6 is 23.1 Å². The molecule has 0 bridgehead atoms. The van der Waals surface area contributed by atoms with Gasteiger partial charge in [0.1, 0.15) is 4.83 Å². The lowest BCUT2D eigenvalue weighted by atomic mass is 10.1. The number of aryl methyl sites for hydroxylation is 3. The van der Waals surface area contributed by atoms with Crippen LogP contribution in [0.1, 0.15) is 42.3 Å². The second-order valence-corrected chi connectivity index (χ2v) is 10.9. The van der Waals surface area contributed by atoms with Gasteiger partial charge in [0.2, 0.25) is 5.91 Å². The van der Waals surface area contributed by atoms with E-state index in [-0.39, 0.29) is 11.3 Å². The van der Waals surface area contributed by atoms with Gasteiger partial charge in [0.15, 0.2) is 5.16 Å². The summed E-state index contributed by atoms with van der Waals surface area (Å²) < 4.78 is 1.58. The standard InChI is InChI=1S/C23H28N4O3S2/c1-12-9-8-10-16(13(12)2)27-20(29)18-14(3)15(4)32-19(18)25-22(27)31-11-17(28)24-21(30)26-23(5,6)7/h8-10H,11H2,1-7H3,(H2,24,26,28,30). The van der Waals surface area contributed by atoms with Gasteiger partial charge in [-0.15, -0.1) is 11.3 Å². The maximum atomic E-state index is 13.6. The lowest BCUT2D eigenvalue weighted by molar-refractivity contribution is -0.117. The van der Waals surface area contributed by atoms with Gasteiger partial charge in [0.05, 0.1) is 16.8 Å². The predicted molar refractivity (Wildman–Crippen MR) is 131 cm³/mol. The van der Waals surface area contributed by atoms with E-state index in [0.29, 0.717) is 15.4 Å². The van der Waals surface area contributed by atoms with Crippen molar-refractivity contribution in [3.63, 3.8) is 0 Å². The average Bonchev–Trinajstić information content (AvgIpc) is 2.95. The van der Waals surface area contributed by atoms with Crippen LogP contribution in [0.4, 0.5) is 4.79 Å². The number of urea groups is 1. The molecule has 9 heteroatoms. The predicted octanol–water partition coefficient (Wildman–Crippen LogP) is 4.40. The fourth-order valence-electron chi connectivity index (χ4n) is 3.23. The molecule has 3 amide bonds. The van der Waals surface area contributed by atoms with Crippen LogP contribution < -0.4 is 16.2 Å². The van der Waals surface area contributed by atoms with E-state index in [0.717, 1.165) is 39.0 Å². The fraction of sp³-hybridized carbons (Fsp3) is 0.391. The van der Waals surface area contributed by atoms with Crippen LogP contribution in [0.25, 0.3) is 15.9 Å². The maximum Gasteiger partial charge on any atom is 0.321 e. The van der Waals surface area contributed by atoms with E-state index >= 15 is 0 Å². The highest BCUT2D eigenvalue weighted by molar-refractivity contribution is 7.99. The number of rotatable bonds is 4. The largest absolute Gasteiger partial charge is 0.333 e. The van der Waals surface area contributed by atoms with Crippen LogP contribution in [0.15, 0.2) is 28.2 Å². The molecule has 0 saturated heterocycles. The molecule has 0 aliphatic heterocycles. The molecule has 0 aliphatic rings. The Bertz CT molecular complexity index is 1270. The quantitative estimate of drug-likeness (QED) is 0.434. The highest BCUT2D eigenvalue weighted by Gasteiger charge is 2.21. The van der Waals surface area contributed by atoms with Crippen LogP contribution in [-0.4, -0.2) is 32.8 Å². The first-order chi connectivity index (χ1) is 14.9. The number of benzene rings is 1. The van der Waals surface area contributed by atoms with Crippen LogP contribution in [0.2, 0.25) is 0 Å². The number of thiophene rings is 1. The molecular weight excluding hydrogens is 444 g/mol. The van der Waals surface area contributed by atoms with Crippen molar-refractivity contribution in [2.45, 2.75) is 59.2 Å². The van der Waals surface area contributed by atoms with Gasteiger partial charge in [-0.2, -0.15) is 0 Å². The van der Waals surface area contributed by atoms with Crippen molar-refractivity contribution in [2.24, 2.45) is 0 Å². The van der Waals surface area contributed by atoms with Crippen molar-refractivity contribution in [2.75, 3.05) is 5.75 Å². The minimum atomic E-state index is -0.553. The summed E-state index contributed by atoms with van der Waals surface area (Å²) in [6.45, 7) is 13.3. The highest BCUT2D eigenvalue weighted by Crippen LogP contribution is 2.30. The highest BCUT2D eigenvalue weighted by atomic mass is 32.2. The van der Waals surface area contributed by atoms with Gasteiger partial charge in [-0.1, -0.05) is 23.9 Å². The number of carbonyl (C=O) groups excluding carboxylic acids is 2. The van der Waals surface area contributed by atoms with E-state index in [1.807, 2.05) is 66.7 Å². The molecule has 2 aromatic heterocycles. The molecule has 0 spiro atoms. The van der Waals surface area contributed by atoms with Gasteiger partial charge >= 0.3 is 6.03 Å². The lowest BCUT2D eigenvalue weighted by Crippen LogP contribution is -2.48. The van der Waals surface area contributed by atoms with Gasteiger partial charge < -0.3 is 5.32 Å². The third kappa shape index (κ3) is 5.05. The first kappa shape index (κ1) is 24.0. The molecule has 32 heavy (non-hydrogen) atoms. The SMILES string of the molecule is Cc1cccc(-n2c(SCC(=O)NC(=O)NC(C)(C)C)nc3sc(C)c(C)c3c2=O)c1C. The van der Waals surface area contributed by atoms with Crippen molar-refractivity contribution in [3.05, 3.63) is 50.1 Å². The van der Waals surface area contributed by atoms with E-state index < -0.39 is 17.5 Å². The zero-order valence-electron chi connectivity index (χ0n) is 19.4. The van der Waals surface area contributed by atoms with Crippen molar-refractivity contribution >= 4 is 45.3 Å². The molecule has 3 rings (SSSR count). The van der Waals surface area contributed by atoms with Crippen LogP contribution in [0, 0.1) is 27.7 Å². The molecule has 2 N–H and O–H groups in total. The van der Waals surface area contributed by atoms with Crippen LogP contribution in [-0.2, 0) is 4.79 Å². The summed E-state index contributed by atoms with van der Waals surface area (Å²) in [6, 6.07) is 5.22. The normalized spacial score (nSPS) is 11.6. The van der Waals surface area contributed by atoms with Gasteiger partial charge in [0, 0.05) is 10.4 Å². The molecule has 3 aromatic rings. The van der Waals surface area contributed by atoms with Crippen molar-refractivity contribution in [1.29, 1.82) is 0 Å². The molecule has 0 fully saturated rings. The Hall–Kier alpha value is -2.65. The summed E-state index contributed by atoms with van der Waals surface area (Å²) in [7, 11) is 0. The smallest absolute Gasteiger partial charge is 0.321 e. The minimum absolute atomic E-state index is 0.0519. The molecule has 2 heterocycles. The Morgan fingerprint density at radius 2 is 1.81 bits per heavy atom. The Morgan fingerprint density at radius 1 is 1.12 bits per heavy atom. The molecule has 1 aromatic carbocycles. The monoisotopic (exact) mass is 472 g/mol. The summed E-state index contributed by atoms with van der Waals surface area (Å²) in [5.41, 5.74) is 3.08. The number of thioether (sulfide) groups is 1. The first-order valence-corrected chi connectivity index (χ1v) is 12.0. The van der Waals surface area contributed by atoms with Crippen molar-refractivity contribution < 1.29 is 9.59 Å². The summed E-state index contributed by atoms with van der Waals surface area (Å²) in [5, 5.41) is 6.04. The Labute approximate surface area is 195 Å². The third-order valence-electron chi connectivity index (χ3n) is 5.06. The number of hydrogen-bond acceptors (Lipinski definition) is 6. The number of fused-ring (bicyclic) bond motifs is 1. The number of nitrogens with zero attached hydrogens (tertiary/aromatic N) is 2.